The van der Waals surface area contributed by atoms with Gasteiger partial charge in [0.05, 0.1) is 5.60 Å². The van der Waals surface area contributed by atoms with Crippen LogP contribution in [0.15, 0.2) is 11.2 Å². The number of hydrogen-bond acceptors (Lipinski definition) is 3. The second-order valence-electron chi connectivity index (χ2n) is 6.06. The minimum absolute atomic E-state index is 0.230. The number of rotatable bonds is 6. The molecular weight excluding hydrogens is 211 g/mol. The third-order valence-corrected chi connectivity index (χ3v) is 3.60. The molecule has 0 aromatic rings. The van der Waals surface area contributed by atoms with Crippen LogP contribution in [-0.2, 0) is 0 Å². The van der Waals surface area contributed by atoms with Crippen molar-refractivity contribution in [1.82, 2.24) is 0 Å². The summed E-state index contributed by atoms with van der Waals surface area (Å²) in [6, 6.07) is 0. The lowest BCUT2D eigenvalue weighted by molar-refractivity contribution is -0.0236. The van der Waals surface area contributed by atoms with Crippen molar-refractivity contribution in [2.24, 2.45) is 17.1 Å². The molecule has 4 N–H and O–H groups in total. The Labute approximate surface area is 106 Å². The summed E-state index contributed by atoms with van der Waals surface area (Å²) < 4.78 is 0. The summed E-state index contributed by atoms with van der Waals surface area (Å²) in [5.74, 6) is 0.230. The summed E-state index contributed by atoms with van der Waals surface area (Å²) in [7, 11) is 1.94. The molecule has 0 saturated heterocycles. The van der Waals surface area contributed by atoms with E-state index in [-0.39, 0.29) is 11.3 Å². The predicted molar refractivity (Wildman–Crippen MR) is 75.5 cm³/mol. The van der Waals surface area contributed by atoms with Gasteiger partial charge in [0.25, 0.3) is 0 Å². The highest BCUT2D eigenvalue weighted by atomic mass is 16.3. The van der Waals surface area contributed by atoms with Crippen molar-refractivity contribution in [1.29, 1.82) is 5.41 Å². The molecule has 4 heteroatoms. The van der Waals surface area contributed by atoms with E-state index >= 15 is 0 Å². The number of nitrogens with one attached hydrogen (secondary N) is 1. The predicted octanol–water partition coefficient (Wildman–Crippen LogP) is 2.38. The molecule has 0 aliphatic heterocycles. The first-order valence-electron chi connectivity index (χ1n) is 6.08. The van der Waals surface area contributed by atoms with Gasteiger partial charge in [-0.25, -0.2) is 0 Å². The van der Waals surface area contributed by atoms with Crippen LogP contribution in [0, 0.1) is 16.7 Å². The van der Waals surface area contributed by atoms with E-state index in [1.807, 2.05) is 35.0 Å². The Bertz CT molecular complexity index is 301. The minimum Gasteiger partial charge on any atom is -0.402 e. The van der Waals surface area contributed by atoms with Crippen LogP contribution in [0.3, 0.4) is 0 Å². The molecule has 1 radical (unpaired) electrons. The zero-order valence-corrected chi connectivity index (χ0v) is 12.0. The number of aliphatic hydroxyl groups is 1. The average molecular weight is 237 g/mol. The van der Waals surface area contributed by atoms with E-state index in [1.54, 1.807) is 13.8 Å². The van der Waals surface area contributed by atoms with Crippen LogP contribution in [0.4, 0.5) is 0 Å². The lowest BCUT2D eigenvalue weighted by Crippen LogP contribution is -2.39. The fourth-order valence-electron chi connectivity index (χ4n) is 1.21. The zero-order chi connectivity index (χ0) is 13.9. The van der Waals surface area contributed by atoms with Gasteiger partial charge in [0.15, 0.2) is 7.28 Å². The fraction of sp³-hybridized carbons (Fsp3) is 0.769. The molecule has 97 valence electrons. The highest BCUT2D eigenvalue weighted by Gasteiger charge is 2.34. The molecule has 0 bridgehead atoms. The van der Waals surface area contributed by atoms with Crippen LogP contribution in [-0.4, -0.2) is 24.2 Å². The third-order valence-electron chi connectivity index (χ3n) is 3.60. The maximum Gasteiger partial charge on any atom is 0.156 e. The van der Waals surface area contributed by atoms with Gasteiger partial charge in [0.1, 0.15) is 0 Å². The molecule has 3 nitrogen and oxygen atoms in total. The van der Waals surface area contributed by atoms with Crippen molar-refractivity contribution < 1.29 is 5.11 Å². The van der Waals surface area contributed by atoms with Crippen molar-refractivity contribution in [3.8, 4) is 0 Å². The van der Waals surface area contributed by atoms with Crippen LogP contribution in [0.25, 0.3) is 0 Å². The van der Waals surface area contributed by atoms with Gasteiger partial charge in [-0.05, 0) is 25.2 Å². The lowest BCUT2D eigenvalue weighted by Gasteiger charge is -2.37. The number of hydrogen-bond donors (Lipinski definition) is 3. The van der Waals surface area contributed by atoms with Gasteiger partial charge >= 0.3 is 0 Å². The second-order valence-corrected chi connectivity index (χ2v) is 6.06. The monoisotopic (exact) mass is 237 g/mol. The first-order valence-corrected chi connectivity index (χ1v) is 6.08. The Hall–Kier alpha value is -0.765. The molecule has 0 amide bonds. The van der Waals surface area contributed by atoms with Crippen molar-refractivity contribution in [3.05, 3.63) is 11.2 Å². The normalized spacial score (nSPS) is 14.6. The van der Waals surface area contributed by atoms with Gasteiger partial charge in [-0.3, -0.25) is 0 Å². The van der Waals surface area contributed by atoms with Crippen molar-refractivity contribution in [3.63, 3.8) is 0 Å². The van der Waals surface area contributed by atoms with E-state index in [0.29, 0.717) is 6.32 Å². The molecule has 0 atom stereocenters. The Morgan fingerprint density at radius 3 is 2.12 bits per heavy atom. The first-order chi connectivity index (χ1) is 7.53. The number of nitrogens with two attached hydrogens (primary N) is 1. The Morgan fingerprint density at radius 1 is 1.35 bits per heavy atom. The topological polar surface area (TPSA) is 70.1 Å². The summed E-state index contributed by atoms with van der Waals surface area (Å²) in [5, 5.41) is 17.4. The van der Waals surface area contributed by atoms with Gasteiger partial charge in [-0.15, -0.1) is 0 Å². The minimum atomic E-state index is -0.761. The smallest absolute Gasteiger partial charge is 0.156 e. The van der Waals surface area contributed by atoms with Crippen LogP contribution in [0.5, 0.6) is 0 Å². The third kappa shape index (κ3) is 4.54. The molecule has 0 aliphatic carbocycles. The Morgan fingerprint density at radius 2 is 1.82 bits per heavy atom. The zero-order valence-electron chi connectivity index (χ0n) is 12.0. The van der Waals surface area contributed by atoms with E-state index in [9.17, 15) is 5.11 Å². The molecule has 0 rings (SSSR count). The molecule has 0 heterocycles. The van der Waals surface area contributed by atoms with Crippen molar-refractivity contribution in [2.45, 2.75) is 53.5 Å². The molecule has 0 saturated carbocycles. The summed E-state index contributed by atoms with van der Waals surface area (Å²) in [6.45, 7) is 11.6. The van der Waals surface area contributed by atoms with E-state index in [4.69, 9.17) is 11.1 Å². The van der Waals surface area contributed by atoms with Gasteiger partial charge in [0.2, 0.25) is 0 Å². The molecule has 17 heavy (non-hydrogen) atoms. The van der Waals surface area contributed by atoms with Crippen LogP contribution in [0.1, 0.15) is 41.5 Å². The van der Waals surface area contributed by atoms with E-state index < -0.39 is 5.60 Å². The van der Waals surface area contributed by atoms with Crippen molar-refractivity contribution >= 4 is 13.5 Å². The maximum absolute atomic E-state index is 10.1. The summed E-state index contributed by atoms with van der Waals surface area (Å²) in [6.07, 6.45) is 1.98. The summed E-state index contributed by atoms with van der Waals surface area (Å²) in [5.41, 5.74) is 6.42. The quantitative estimate of drug-likeness (QED) is 0.490. The van der Waals surface area contributed by atoms with E-state index in [0.717, 1.165) is 11.2 Å². The standard InChI is InChI=1S/C13H26BN2O/c1-9(2)11(16)10(7-15)14-8-12(3,4)13(5,6)17/h7,9,15,17H,8,16H2,1-6H3/b11-10+,15-7?. The average Bonchev–Trinajstić information content (AvgIpc) is 2.16. The van der Waals surface area contributed by atoms with Crippen LogP contribution >= 0.6 is 0 Å². The SMILES string of the molecule is CC(C)/C(N)=C(\[B]CC(C)(C)C(C)(C)O)C=N. The fourth-order valence-corrected chi connectivity index (χ4v) is 1.21. The van der Waals surface area contributed by atoms with E-state index in [1.165, 1.54) is 6.21 Å². The molecule has 0 aliphatic rings. The largest absolute Gasteiger partial charge is 0.402 e. The molecule has 0 aromatic carbocycles. The maximum atomic E-state index is 10.1. The number of allylic oxidation sites excluding steroid dienone is 2. The summed E-state index contributed by atoms with van der Waals surface area (Å²) >= 11 is 0. The summed E-state index contributed by atoms with van der Waals surface area (Å²) in [4.78, 5) is 0. The van der Waals surface area contributed by atoms with Crippen LogP contribution in [0.2, 0.25) is 6.32 Å². The molecule has 0 unspecified atom stereocenters. The Balaban J connectivity index is 4.77. The first kappa shape index (κ1) is 16.2. The molecule has 0 spiro atoms. The van der Waals surface area contributed by atoms with Gasteiger partial charge in [-0.2, -0.15) is 0 Å². The molecule has 0 aromatic heterocycles. The van der Waals surface area contributed by atoms with Gasteiger partial charge in [0, 0.05) is 11.9 Å². The highest BCUT2D eigenvalue weighted by Crippen LogP contribution is 2.34. The molecule has 0 fully saturated rings. The lowest BCUT2D eigenvalue weighted by atomic mass is 9.55. The van der Waals surface area contributed by atoms with Gasteiger partial charge < -0.3 is 16.2 Å². The molecular formula is C13H26BN2O. The highest BCUT2D eigenvalue weighted by molar-refractivity contribution is 6.52. The second kappa shape index (κ2) is 5.72. The van der Waals surface area contributed by atoms with Crippen molar-refractivity contribution in [2.75, 3.05) is 0 Å². The van der Waals surface area contributed by atoms with Gasteiger partial charge in [-0.1, -0.05) is 39.5 Å². The van der Waals surface area contributed by atoms with E-state index in [2.05, 4.69) is 0 Å². The Kier molecular flexibility index (Phi) is 5.46. The van der Waals surface area contributed by atoms with Crippen LogP contribution < -0.4 is 5.73 Å².